The van der Waals surface area contributed by atoms with E-state index in [1.807, 2.05) is 34.6 Å². The molecule has 0 saturated carbocycles. The Hall–Kier alpha value is -0.160. The molecule has 1 rings (SSSR count). The zero-order valence-corrected chi connectivity index (χ0v) is 9.78. The summed E-state index contributed by atoms with van der Waals surface area (Å²) in [5.74, 6) is 0. The molecule has 0 radical (unpaired) electrons. The highest BCUT2D eigenvalue weighted by Gasteiger charge is 2.43. The molecule has 1 heterocycles. The zero-order valence-electron chi connectivity index (χ0n) is 9.78. The highest BCUT2D eigenvalue weighted by atomic mass is 16.5. The van der Waals surface area contributed by atoms with Crippen LogP contribution in [0.3, 0.4) is 0 Å². The molecular weight excluding hydrogens is 180 g/mol. The molecule has 0 aromatic rings. The Kier molecular flexibility index (Phi) is 2.94. The molecule has 0 bridgehead atoms. The second kappa shape index (κ2) is 3.45. The van der Waals surface area contributed by atoms with Crippen LogP contribution in [0.2, 0.25) is 0 Å². The lowest BCUT2D eigenvalue weighted by Gasteiger charge is -2.41. The Morgan fingerprint density at radius 2 is 1.57 bits per heavy atom. The molecule has 1 aliphatic rings. The standard InChI is InChI=1S/C10H22N2O2/c1-8-6-9(2,3)12(14)10(4,5)7-11(8)13/h8,13-14H,6-7H2,1-5H3. The smallest absolute Gasteiger partial charge is 0.0560 e. The number of hydroxylamine groups is 4. The van der Waals surface area contributed by atoms with Crippen molar-refractivity contribution in [3.8, 4) is 0 Å². The Balaban J connectivity index is 2.96. The van der Waals surface area contributed by atoms with Gasteiger partial charge in [0.15, 0.2) is 0 Å². The molecular formula is C10H22N2O2. The zero-order chi connectivity index (χ0) is 11.1. The third-order valence-electron chi connectivity index (χ3n) is 3.00. The molecule has 4 nitrogen and oxygen atoms in total. The highest BCUT2D eigenvalue weighted by Crippen LogP contribution is 2.32. The first kappa shape index (κ1) is 11.9. The van der Waals surface area contributed by atoms with Gasteiger partial charge in [0.25, 0.3) is 0 Å². The van der Waals surface area contributed by atoms with Gasteiger partial charge in [-0.2, -0.15) is 10.1 Å². The normalized spacial score (nSPS) is 34.1. The van der Waals surface area contributed by atoms with Crippen LogP contribution in [0.1, 0.15) is 41.0 Å². The molecule has 1 fully saturated rings. The molecule has 14 heavy (non-hydrogen) atoms. The van der Waals surface area contributed by atoms with Crippen molar-refractivity contribution in [3.63, 3.8) is 0 Å². The van der Waals surface area contributed by atoms with Crippen molar-refractivity contribution in [1.82, 2.24) is 10.1 Å². The van der Waals surface area contributed by atoms with E-state index in [4.69, 9.17) is 0 Å². The van der Waals surface area contributed by atoms with Gasteiger partial charge < -0.3 is 10.4 Å². The molecule has 84 valence electrons. The minimum atomic E-state index is -0.428. The van der Waals surface area contributed by atoms with Crippen molar-refractivity contribution >= 4 is 0 Å². The van der Waals surface area contributed by atoms with Gasteiger partial charge >= 0.3 is 0 Å². The van der Waals surface area contributed by atoms with Crippen LogP contribution in [0.15, 0.2) is 0 Å². The SMILES string of the molecule is CC1CC(C)(C)N(O)C(C)(C)CN1O. The van der Waals surface area contributed by atoms with Gasteiger partial charge in [-0.15, -0.1) is 0 Å². The summed E-state index contributed by atoms with van der Waals surface area (Å²) in [5.41, 5.74) is -0.733. The Morgan fingerprint density at radius 1 is 1.07 bits per heavy atom. The summed E-state index contributed by atoms with van der Waals surface area (Å²) in [6.07, 6.45) is 0.740. The van der Waals surface area contributed by atoms with E-state index in [-0.39, 0.29) is 11.6 Å². The van der Waals surface area contributed by atoms with Gasteiger partial charge in [0.05, 0.1) is 5.54 Å². The van der Waals surface area contributed by atoms with Crippen LogP contribution in [-0.4, -0.2) is 44.2 Å². The molecule has 2 N–H and O–H groups in total. The lowest BCUT2D eigenvalue weighted by molar-refractivity contribution is -0.226. The molecule has 1 unspecified atom stereocenters. The maximum absolute atomic E-state index is 10.1. The molecule has 0 aromatic carbocycles. The molecule has 1 saturated heterocycles. The summed E-state index contributed by atoms with van der Waals surface area (Å²) >= 11 is 0. The van der Waals surface area contributed by atoms with Crippen molar-refractivity contribution in [2.45, 2.75) is 58.2 Å². The van der Waals surface area contributed by atoms with Crippen LogP contribution < -0.4 is 0 Å². The third kappa shape index (κ3) is 2.08. The van der Waals surface area contributed by atoms with E-state index < -0.39 is 5.54 Å². The summed E-state index contributed by atoms with van der Waals surface area (Å²) in [6.45, 7) is 10.3. The van der Waals surface area contributed by atoms with Gasteiger partial charge in [-0.25, -0.2) is 0 Å². The quantitative estimate of drug-likeness (QED) is 0.628. The van der Waals surface area contributed by atoms with Crippen LogP contribution >= 0.6 is 0 Å². The maximum atomic E-state index is 10.1. The fourth-order valence-electron chi connectivity index (χ4n) is 2.35. The van der Waals surface area contributed by atoms with Crippen molar-refractivity contribution < 1.29 is 10.4 Å². The van der Waals surface area contributed by atoms with E-state index in [1.165, 1.54) is 10.1 Å². The van der Waals surface area contributed by atoms with Crippen molar-refractivity contribution in [2.75, 3.05) is 6.54 Å². The van der Waals surface area contributed by atoms with E-state index in [0.717, 1.165) is 6.42 Å². The van der Waals surface area contributed by atoms with Crippen LogP contribution in [-0.2, 0) is 0 Å². The Bertz CT molecular complexity index is 194. The topological polar surface area (TPSA) is 46.9 Å². The lowest BCUT2D eigenvalue weighted by atomic mass is 9.93. The first-order valence-corrected chi connectivity index (χ1v) is 5.11. The van der Waals surface area contributed by atoms with Gasteiger partial charge in [-0.3, -0.25) is 0 Å². The van der Waals surface area contributed by atoms with Crippen molar-refractivity contribution in [3.05, 3.63) is 0 Å². The minimum absolute atomic E-state index is 0.0708. The fraction of sp³-hybridized carbons (Fsp3) is 1.00. The van der Waals surface area contributed by atoms with Crippen LogP contribution in [0, 0.1) is 0 Å². The van der Waals surface area contributed by atoms with E-state index in [9.17, 15) is 10.4 Å². The monoisotopic (exact) mass is 202 g/mol. The lowest BCUT2D eigenvalue weighted by Crippen LogP contribution is -2.54. The van der Waals surface area contributed by atoms with Crippen LogP contribution in [0.5, 0.6) is 0 Å². The second-order valence-electron chi connectivity index (χ2n) is 5.59. The van der Waals surface area contributed by atoms with Crippen LogP contribution in [0.25, 0.3) is 0 Å². The van der Waals surface area contributed by atoms with Crippen molar-refractivity contribution in [1.29, 1.82) is 0 Å². The van der Waals surface area contributed by atoms with E-state index in [1.54, 1.807) is 0 Å². The number of nitrogens with zero attached hydrogens (tertiary/aromatic N) is 2. The second-order valence-corrected chi connectivity index (χ2v) is 5.59. The first-order chi connectivity index (χ1) is 6.17. The summed E-state index contributed by atoms with van der Waals surface area (Å²) in [6, 6.07) is 0.0708. The van der Waals surface area contributed by atoms with Crippen molar-refractivity contribution in [2.24, 2.45) is 0 Å². The predicted octanol–water partition coefficient (Wildman–Crippen LogP) is 1.72. The molecule has 4 heteroatoms. The average molecular weight is 202 g/mol. The number of hydrogen-bond acceptors (Lipinski definition) is 4. The van der Waals surface area contributed by atoms with Gasteiger partial charge in [-0.1, -0.05) is 0 Å². The third-order valence-corrected chi connectivity index (χ3v) is 3.00. The number of hydrogen-bond donors (Lipinski definition) is 2. The molecule has 0 spiro atoms. The van der Waals surface area contributed by atoms with E-state index in [2.05, 4.69) is 0 Å². The summed E-state index contributed by atoms with van der Waals surface area (Å²) in [4.78, 5) is 0. The van der Waals surface area contributed by atoms with Crippen LogP contribution in [0.4, 0.5) is 0 Å². The van der Waals surface area contributed by atoms with E-state index >= 15 is 0 Å². The highest BCUT2D eigenvalue weighted by molar-refractivity contribution is 4.94. The summed E-state index contributed by atoms with van der Waals surface area (Å²) in [5, 5.41) is 22.5. The molecule has 1 atom stereocenters. The van der Waals surface area contributed by atoms with E-state index in [0.29, 0.717) is 6.54 Å². The summed E-state index contributed by atoms with van der Waals surface area (Å²) in [7, 11) is 0. The molecule has 0 amide bonds. The minimum Gasteiger partial charge on any atom is -0.314 e. The summed E-state index contributed by atoms with van der Waals surface area (Å²) < 4.78 is 0. The Labute approximate surface area is 86.0 Å². The van der Waals surface area contributed by atoms with Gasteiger partial charge in [-0.05, 0) is 41.0 Å². The largest absolute Gasteiger partial charge is 0.314 e. The molecule has 0 aliphatic carbocycles. The van der Waals surface area contributed by atoms with Gasteiger partial charge in [0, 0.05) is 18.1 Å². The predicted molar refractivity (Wildman–Crippen MR) is 54.4 cm³/mol. The number of rotatable bonds is 0. The van der Waals surface area contributed by atoms with Gasteiger partial charge in [0.2, 0.25) is 0 Å². The molecule has 1 aliphatic heterocycles. The molecule has 0 aromatic heterocycles. The first-order valence-electron chi connectivity index (χ1n) is 5.11. The maximum Gasteiger partial charge on any atom is 0.0560 e. The average Bonchev–Trinajstić information content (AvgIpc) is 2.03. The fourth-order valence-corrected chi connectivity index (χ4v) is 2.35. The Morgan fingerprint density at radius 3 is 2.07 bits per heavy atom. The van der Waals surface area contributed by atoms with Gasteiger partial charge in [0.1, 0.15) is 0 Å².